The minimum atomic E-state index is -1.48. The second-order valence-electron chi connectivity index (χ2n) is 3.85. The van der Waals surface area contributed by atoms with Crippen LogP contribution in [0.3, 0.4) is 0 Å². The molecule has 0 aromatic heterocycles. The summed E-state index contributed by atoms with van der Waals surface area (Å²) >= 11 is 0. The lowest BCUT2D eigenvalue weighted by atomic mass is 10.1. The summed E-state index contributed by atoms with van der Waals surface area (Å²) in [4.78, 5) is 10.9. The molecule has 2 nitrogen and oxygen atoms in total. The molecule has 86 valence electrons. The second kappa shape index (κ2) is 3.81. The monoisotopic (exact) mass is 229 g/mol. The first kappa shape index (κ1) is 11.0. The second-order valence-corrected chi connectivity index (χ2v) is 3.85. The van der Waals surface area contributed by atoms with E-state index in [-0.39, 0.29) is 11.5 Å². The van der Waals surface area contributed by atoms with Crippen LogP contribution in [0.25, 0.3) is 0 Å². The molecule has 1 N–H and O–H groups in total. The number of rotatable bonds is 1. The largest absolute Gasteiger partial charge is 0.349 e. The molecular weight excluding hydrogens is 219 g/mol. The maximum Gasteiger partial charge on any atom is 0.217 e. The molecule has 0 bridgehead atoms. The van der Waals surface area contributed by atoms with Gasteiger partial charge in [-0.2, -0.15) is 0 Å². The predicted molar refractivity (Wildman–Crippen MR) is 51.2 cm³/mol. The van der Waals surface area contributed by atoms with Gasteiger partial charge in [-0.1, -0.05) is 0 Å². The average Bonchev–Trinajstić information content (AvgIpc) is 2.57. The molecule has 1 atom stereocenters. The van der Waals surface area contributed by atoms with Gasteiger partial charge in [0.15, 0.2) is 17.5 Å². The summed E-state index contributed by atoms with van der Waals surface area (Å²) in [7, 11) is 0. The van der Waals surface area contributed by atoms with Crippen LogP contribution in [0.2, 0.25) is 0 Å². The average molecular weight is 229 g/mol. The molecule has 0 heterocycles. The molecule has 1 aromatic rings. The SMILES string of the molecule is CC(=O)NC1CCc2cc(F)c(F)c(F)c21. The van der Waals surface area contributed by atoms with Crippen molar-refractivity contribution < 1.29 is 18.0 Å². The molecule has 1 aliphatic rings. The van der Waals surface area contributed by atoms with E-state index in [1.54, 1.807) is 0 Å². The van der Waals surface area contributed by atoms with E-state index in [2.05, 4.69) is 5.32 Å². The van der Waals surface area contributed by atoms with Crippen LogP contribution in [0, 0.1) is 17.5 Å². The van der Waals surface area contributed by atoms with E-state index in [0.717, 1.165) is 6.07 Å². The topological polar surface area (TPSA) is 29.1 Å². The Labute approximate surface area is 90.5 Å². The lowest BCUT2D eigenvalue weighted by Crippen LogP contribution is -2.25. The molecule has 0 radical (unpaired) electrons. The Morgan fingerprint density at radius 2 is 2.06 bits per heavy atom. The van der Waals surface area contributed by atoms with Crippen molar-refractivity contribution in [3.63, 3.8) is 0 Å². The molecule has 1 aromatic carbocycles. The van der Waals surface area contributed by atoms with Crippen molar-refractivity contribution in [3.05, 3.63) is 34.6 Å². The number of aryl methyl sites for hydroxylation is 1. The highest BCUT2D eigenvalue weighted by Gasteiger charge is 2.30. The van der Waals surface area contributed by atoms with Gasteiger partial charge < -0.3 is 5.32 Å². The fourth-order valence-corrected chi connectivity index (χ4v) is 2.08. The molecule has 5 heteroatoms. The molecule has 1 aliphatic carbocycles. The highest BCUT2D eigenvalue weighted by atomic mass is 19.2. The molecule has 0 spiro atoms. The molecule has 0 saturated carbocycles. The van der Waals surface area contributed by atoms with Crippen LogP contribution in [0.15, 0.2) is 6.07 Å². The van der Waals surface area contributed by atoms with Crippen LogP contribution in [0.1, 0.15) is 30.5 Å². The molecule has 0 fully saturated rings. The van der Waals surface area contributed by atoms with Gasteiger partial charge >= 0.3 is 0 Å². The molecule has 2 rings (SSSR count). The zero-order chi connectivity index (χ0) is 11.9. The Kier molecular flexibility index (Phi) is 2.61. The van der Waals surface area contributed by atoms with Crippen molar-refractivity contribution in [1.29, 1.82) is 0 Å². The van der Waals surface area contributed by atoms with Gasteiger partial charge in [-0.25, -0.2) is 13.2 Å². The zero-order valence-electron chi connectivity index (χ0n) is 8.61. The molecule has 1 amide bonds. The van der Waals surface area contributed by atoms with E-state index in [1.165, 1.54) is 6.92 Å². The summed E-state index contributed by atoms with van der Waals surface area (Å²) in [5.74, 6) is -4.16. The number of benzene rings is 1. The maximum atomic E-state index is 13.5. The molecule has 1 unspecified atom stereocenters. The van der Waals surface area contributed by atoms with Gasteiger partial charge in [0.25, 0.3) is 0 Å². The first-order valence-electron chi connectivity index (χ1n) is 4.94. The summed E-state index contributed by atoms with van der Waals surface area (Å²) in [6.45, 7) is 1.30. The fraction of sp³-hybridized carbons (Fsp3) is 0.364. The zero-order valence-corrected chi connectivity index (χ0v) is 8.61. The highest BCUT2D eigenvalue weighted by Crippen LogP contribution is 2.35. The molecule has 0 saturated heterocycles. The number of fused-ring (bicyclic) bond motifs is 1. The standard InChI is InChI=1S/C11H10F3NO/c1-5(16)15-8-3-2-6-4-7(12)10(13)11(14)9(6)8/h4,8H,2-3H2,1H3,(H,15,16). The van der Waals surface area contributed by atoms with E-state index in [0.29, 0.717) is 18.4 Å². The van der Waals surface area contributed by atoms with Crippen molar-refractivity contribution in [1.82, 2.24) is 5.32 Å². The number of hydrogen-bond acceptors (Lipinski definition) is 1. The molecule has 16 heavy (non-hydrogen) atoms. The van der Waals surface area contributed by atoms with Crippen LogP contribution < -0.4 is 5.32 Å². The number of nitrogens with one attached hydrogen (secondary N) is 1. The van der Waals surface area contributed by atoms with E-state index < -0.39 is 23.5 Å². The number of carbonyl (C=O) groups is 1. The van der Waals surface area contributed by atoms with Crippen LogP contribution >= 0.6 is 0 Å². The van der Waals surface area contributed by atoms with Crippen molar-refractivity contribution in [3.8, 4) is 0 Å². The Balaban J connectivity index is 2.46. The van der Waals surface area contributed by atoms with Crippen molar-refractivity contribution >= 4 is 5.91 Å². The van der Waals surface area contributed by atoms with E-state index >= 15 is 0 Å². The number of carbonyl (C=O) groups excluding carboxylic acids is 1. The van der Waals surface area contributed by atoms with Crippen LogP contribution in [0.4, 0.5) is 13.2 Å². The Morgan fingerprint density at radius 1 is 1.38 bits per heavy atom. The van der Waals surface area contributed by atoms with Crippen molar-refractivity contribution in [2.24, 2.45) is 0 Å². The summed E-state index contributed by atoms with van der Waals surface area (Å²) in [5.41, 5.74) is 0.504. The summed E-state index contributed by atoms with van der Waals surface area (Å²) in [6.07, 6.45) is 0.906. The third-order valence-electron chi connectivity index (χ3n) is 2.71. The number of amides is 1. The Hall–Kier alpha value is -1.52. The van der Waals surface area contributed by atoms with Gasteiger partial charge in [0, 0.05) is 12.5 Å². The van der Waals surface area contributed by atoms with Crippen LogP contribution in [-0.2, 0) is 11.2 Å². The van der Waals surface area contributed by atoms with E-state index in [9.17, 15) is 18.0 Å². The van der Waals surface area contributed by atoms with E-state index in [1.807, 2.05) is 0 Å². The van der Waals surface area contributed by atoms with Crippen molar-refractivity contribution in [2.45, 2.75) is 25.8 Å². The van der Waals surface area contributed by atoms with Crippen LogP contribution in [0.5, 0.6) is 0 Å². The first-order chi connectivity index (χ1) is 7.50. The third kappa shape index (κ3) is 1.66. The minimum Gasteiger partial charge on any atom is -0.349 e. The van der Waals surface area contributed by atoms with Crippen LogP contribution in [-0.4, -0.2) is 5.91 Å². The smallest absolute Gasteiger partial charge is 0.217 e. The maximum absolute atomic E-state index is 13.5. The quantitative estimate of drug-likeness (QED) is 0.735. The van der Waals surface area contributed by atoms with Gasteiger partial charge in [-0.15, -0.1) is 0 Å². The highest BCUT2D eigenvalue weighted by molar-refractivity contribution is 5.73. The Bertz CT molecular complexity index is 459. The minimum absolute atomic E-state index is 0.0779. The predicted octanol–water partition coefficient (Wildman–Crippen LogP) is 2.23. The lowest BCUT2D eigenvalue weighted by Gasteiger charge is -2.13. The summed E-state index contributed by atoms with van der Waals surface area (Å²) in [6, 6.07) is 0.442. The van der Waals surface area contributed by atoms with Gasteiger partial charge in [0.1, 0.15) is 0 Å². The first-order valence-corrected chi connectivity index (χ1v) is 4.94. The van der Waals surface area contributed by atoms with Gasteiger partial charge in [-0.05, 0) is 24.5 Å². The molecular formula is C11H10F3NO. The Morgan fingerprint density at radius 3 is 2.69 bits per heavy atom. The summed E-state index contributed by atoms with van der Waals surface area (Å²) < 4.78 is 39.5. The number of halogens is 3. The van der Waals surface area contributed by atoms with Gasteiger partial charge in [-0.3, -0.25) is 4.79 Å². The third-order valence-corrected chi connectivity index (χ3v) is 2.71. The molecule has 0 aliphatic heterocycles. The van der Waals surface area contributed by atoms with Crippen molar-refractivity contribution in [2.75, 3.05) is 0 Å². The van der Waals surface area contributed by atoms with Gasteiger partial charge in [0.2, 0.25) is 5.91 Å². The summed E-state index contributed by atoms with van der Waals surface area (Å²) in [5, 5.41) is 2.52. The van der Waals surface area contributed by atoms with E-state index in [4.69, 9.17) is 0 Å². The number of hydrogen-bond donors (Lipinski definition) is 1. The normalized spacial score (nSPS) is 18.4. The van der Waals surface area contributed by atoms with Gasteiger partial charge in [0.05, 0.1) is 6.04 Å². The fourth-order valence-electron chi connectivity index (χ4n) is 2.08. The lowest BCUT2D eigenvalue weighted by molar-refractivity contribution is -0.119.